The lowest BCUT2D eigenvalue weighted by molar-refractivity contribution is 0.325. The molecule has 1 aliphatic rings. The van der Waals surface area contributed by atoms with Gasteiger partial charge in [0.05, 0.1) is 18.7 Å². The number of hydrogen-bond acceptors (Lipinski definition) is 5. The van der Waals surface area contributed by atoms with Crippen LogP contribution in [0.4, 0.5) is 16.3 Å². The van der Waals surface area contributed by atoms with Crippen molar-refractivity contribution in [3.63, 3.8) is 0 Å². The van der Waals surface area contributed by atoms with E-state index >= 15 is 0 Å². The van der Waals surface area contributed by atoms with Crippen molar-refractivity contribution in [1.82, 2.24) is 14.8 Å². The third-order valence-corrected chi connectivity index (χ3v) is 4.56. The second kappa shape index (κ2) is 6.67. The fourth-order valence-electron chi connectivity index (χ4n) is 3.41. The summed E-state index contributed by atoms with van der Waals surface area (Å²) in [6.07, 6.45) is 0.714. The van der Waals surface area contributed by atoms with E-state index < -0.39 is 0 Å². The summed E-state index contributed by atoms with van der Waals surface area (Å²) in [6, 6.07) is 14.3. The number of nitrogen functional groups attached to an aromatic ring is 1. The van der Waals surface area contributed by atoms with Gasteiger partial charge in [-0.1, -0.05) is 30.3 Å². The van der Waals surface area contributed by atoms with Crippen LogP contribution in [0, 0.1) is 5.82 Å². The molecular formula is C19H20FN5O. The molecule has 2 aromatic carbocycles. The van der Waals surface area contributed by atoms with Crippen LogP contribution in [0.2, 0.25) is 0 Å². The van der Waals surface area contributed by atoms with Gasteiger partial charge in [0.2, 0.25) is 11.9 Å². The maximum absolute atomic E-state index is 13.3. The Bertz CT molecular complexity index is 909. The van der Waals surface area contributed by atoms with Gasteiger partial charge in [-0.05, 0) is 37.1 Å². The van der Waals surface area contributed by atoms with Gasteiger partial charge in [0, 0.05) is 5.56 Å². The largest absolute Gasteiger partial charge is 0.494 e. The number of nitrogens with one attached hydrogen (secondary N) is 1. The highest BCUT2D eigenvalue weighted by molar-refractivity contribution is 5.44. The van der Waals surface area contributed by atoms with Gasteiger partial charge in [0.15, 0.2) is 0 Å². The lowest BCUT2D eigenvalue weighted by Gasteiger charge is -2.32. The standard InChI is InChI=1S/C19H20FN5O/c1-2-26-17-6-4-3-5-14(17)16-11-15(12-7-9-13(20)10-8-12)22-19-23-18(21)24-25(16)19/h3-10,15-16H,2,11H2,1H3,(H3,21,22,23,24)/t15-,16-/m1/s1. The quantitative estimate of drug-likeness (QED) is 0.750. The number of nitrogens with zero attached hydrogens (tertiary/aromatic N) is 3. The van der Waals surface area contributed by atoms with E-state index in [1.54, 1.807) is 16.8 Å². The predicted molar refractivity (Wildman–Crippen MR) is 97.6 cm³/mol. The zero-order chi connectivity index (χ0) is 18.1. The van der Waals surface area contributed by atoms with Crippen molar-refractivity contribution in [2.75, 3.05) is 17.7 Å². The number of rotatable bonds is 4. The summed E-state index contributed by atoms with van der Waals surface area (Å²) in [5, 5.41) is 7.71. The lowest BCUT2D eigenvalue weighted by Crippen LogP contribution is -2.28. The van der Waals surface area contributed by atoms with E-state index in [9.17, 15) is 4.39 Å². The molecule has 0 saturated heterocycles. The van der Waals surface area contributed by atoms with Crippen molar-refractivity contribution >= 4 is 11.9 Å². The number of ether oxygens (including phenoxy) is 1. The van der Waals surface area contributed by atoms with Crippen molar-refractivity contribution in [1.29, 1.82) is 0 Å². The van der Waals surface area contributed by atoms with Crippen LogP contribution in [-0.2, 0) is 0 Å². The van der Waals surface area contributed by atoms with Crippen LogP contribution in [0.25, 0.3) is 0 Å². The molecule has 26 heavy (non-hydrogen) atoms. The van der Waals surface area contributed by atoms with E-state index in [2.05, 4.69) is 15.4 Å². The number of hydrogen-bond donors (Lipinski definition) is 2. The molecule has 1 aliphatic heterocycles. The van der Waals surface area contributed by atoms with Gasteiger partial charge in [0.25, 0.3) is 0 Å². The zero-order valence-corrected chi connectivity index (χ0v) is 14.4. The Balaban J connectivity index is 1.77. The van der Waals surface area contributed by atoms with E-state index in [0.717, 1.165) is 16.9 Å². The molecule has 134 valence electrons. The molecule has 1 aromatic heterocycles. The van der Waals surface area contributed by atoms with E-state index in [-0.39, 0.29) is 23.8 Å². The van der Waals surface area contributed by atoms with Gasteiger partial charge < -0.3 is 15.8 Å². The Kier molecular flexibility index (Phi) is 4.20. The topological polar surface area (TPSA) is 78.0 Å². The average molecular weight is 353 g/mol. The second-order valence-electron chi connectivity index (χ2n) is 6.21. The SMILES string of the molecule is CCOc1ccccc1[C@H]1C[C@H](c2ccc(F)cc2)Nc2nc(N)nn21. The van der Waals surface area contributed by atoms with E-state index in [1.807, 2.05) is 31.2 Å². The van der Waals surface area contributed by atoms with E-state index in [0.29, 0.717) is 19.0 Å². The van der Waals surface area contributed by atoms with Gasteiger partial charge >= 0.3 is 0 Å². The first-order chi connectivity index (χ1) is 12.7. The van der Waals surface area contributed by atoms with Gasteiger partial charge in [-0.3, -0.25) is 0 Å². The normalized spacial score (nSPS) is 18.8. The molecule has 0 aliphatic carbocycles. The maximum Gasteiger partial charge on any atom is 0.241 e. The molecule has 0 unspecified atom stereocenters. The smallest absolute Gasteiger partial charge is 0.241 e. The molecule has 4 rings (SSSR count). The minimum atomic E-state index is -0.254. The first-order valence-electron chi connectivity index (χ1n) is 8.61. The minimum absolute atomic E-state index is 0.0358. The number of halogens is 1. The fraction of sp³-hybridized carbons (Fsp3) is 0.263. The Labute approximate surface area is 150 Å². The average Bonchev–Trinajstić information content (AvgIpc) is 3.02. The number of anilines is 2. The first kappa shape index (κ1) is 16.4. The van der Waals surface area contributed by atoms with Crippen LogP contribution in [-0.4, -0.2) is 21.4 Å². The summed E-state index contributed by atoms with van der Waals surface area (Å²) < 4.78 is 20.9. The van der Waals surface area contributed by atoms with Crippen molar-refractivity contribution in [3.8, 4) is 5.75 Å². The van der Waals surface area contributed by atoms with Crippen molar-refractivity contribution in [3.05, 3.63) is 65.5 Å². The highest BCUT2D eigenvalue weighted by Gasteiger charge is 2.32. The highest BCUT2D eigenvalue weighted by atomic mass is 19.1. The summed E-state index contributed by atoms with van der Waals surface area (Å²) in [5.74, 6) is 1.38. The summed E-state index contributed by atoms with van der Waals surface area (Å²) in [6.45, 7) is 2.54. The number of benzene rings is 2. The summed E-state index contributed by atoms with van der Waals surface area (Å²) in [7, 11) is 0. The monoisotopic (exact) mass is 353 g/mol. The molecule has 6 nitrogen and oxygen atoms in total. The van der Waals surface area contributed by atoms with Crippen LogP contribution in [0.15, 0.2) is 48.5 Å². The van der Waals surface area contributed by atoms with Crippen LogP contribution in [0.1, 0.15) is 36.6 Å². The summed E-state index contributed by atoms with van der Waals surface area (Å²) in [4.78, 5) is 4.30. The highest BCUT2D eigenvalue weighted by Crippen LogP contribution is 2.40. The van der Waals surface area contributed by atoms with Crippen LogP contribution in [0.3, 0.4) is 0 Å². The van der Waals surface area contributed by atoms with Crippen molar-refractivity contribution in [2.24, 2.45) is 0 Å². The van der Waals surface area contributed by atoms with E-state index in [1.165, 1.54) is 12.1 Å². The van der Waals surface area contributed by atoms with Gasteiger partial charge in [-0.2, -0.15) is 4.98 Å². The molecule has 3 aromatic rings. The second-order valence-corrected chi connectivity index (χ2v) is 6.21. The van der Waals surface area contributed by atoms with Crippen LogP contribution in [0.5, 0.6) is 5.75 Å². The lowest BCUT2D eigenvalue weighted by atomic mass is 9.93. The third kappa shape index (κ3) is 2.96. The molecule has 0 spiro atoms. The molecule has 0 bridgehead atoms. The van der Waals surface area contributed by atoms with Gasteiger partial charge in [0.1, 0.15) is 11.6 Å². The summed E-state index contributed by atoms with van der Waals surface area (Å²) in [5.41, 5.74) is 7.84. The van der Waals surface area contributed by atoms with E-state index in [4.69, 9.17) is 10.5 Å². The van der Waals surface area contributed by atoms with Crippen LogP contribution < -0.4 is 15.8 Å². The third-order valence-electron chi connectivity index (χ3n) is 4.56. The van der Waals surface area contributed by atoms with Gasteiger partial charge in [-0.25, -0.2) is 9.07 Å². The molecule has 2 atom stereocenters. The van der Waals surface area contributed by atoms with Gasteiger partial charge in [-0.15, -0.1) is 5.10 Å². The Hall–Kier alpha value is -3.09. The van der Waals surface area contributed by atoms with Crippen molar-refractivity contribution < 1.29 is 9.13 Å². The molecule has 3 N–H and O–H groups in total. The molecule has 0 amide bonds. The molecule has 2 heterocycles. The minimum Gasteiger partial charge on any atom is -0.494 e. The van der Waals surface area contributed by atoms with Crippen molar-refractivity contribution in [2.45, 2.75) is 25.4 Å². The molecule has 7 heteroatoms. The molecule has 0 radical (unpaired) electrons. The van der Waals surface area contributed by atoms with Crippen LogP contribution >= 0.6 is 0 Å². The molecule has 0 fully saturated rings. The number of nitrogens with two attached hydrogens (primary N) is 1. The number of aromatic nitrogens is 3. The first-order valence-corrected chi connectivity index (χ1v) is 8.61. The predicted octanol–water partition coefficient (Wildman–Crippen LogP) is 3.54. The zero-order valence-electron chi connectivity index (χ0n) is 14.4. The maximum atomic E-state index is 13.3. The molecular weight excluding hydrogens is 333 g/mol. The molecule has 0 saturated carbocycles. The Morgan fingerprint density at radius 1 is 1.23 bits per heavy atom. The number of para-hydroxylation sites is 1. The summed E-state index contributed by atoms with van der Waals surface area (Å²) >= 11 is 0. The number of fused-ring (bicyclic) bond motifs is 1. The Morgan fingerprint density at radius 2 is 2.00 bits per heavy atom. The fourth-order valence-corrected chi connectivity index (χ4v) is 3.41. The Morgan fingerprint density at radius 3 is 2.77 bits per heavy atom.